The standard InChI is InChI=1S/C18H25N3/c1-4-13(2)18-12-21(14(3)11-20-18)16-7-8-17-15(10-16)6-5-9-19-17/h5-10,13-14,18,20H,4,11-12H2,1-3H3. The van der Waals surface area contributed by atoms with E-state index in [9.17, 15) is 0 Å². The summed E-state index contributed by atoms with van der Waals surface area (Å²) in [4.78, 5) is 6.95. The van der Waals surface area contributed by atoms with Crippen molar-refractivity contribution < 1.29 is 0 Å². The minimum absolute atomic E-state index is 0.527. The molecule has 1 aromatic carbocycles. The third kappa shape index (κ3) is 2.88. The molecule has 0 saturated carbocycles. The van der Waals surface area contributed by atoms with Gasteiger partial charge in [-0.3, -0.25) is 4.98 Å². The summed E-state index contributed by atoms with van der Waals surface area (Å²) >= 11 is 0. The van der Waals surface area contributed by atoms with Crippen LogP contribution in [0.25, 0.3) is 10.9 Å². The van der Waals surface area contributed by atoms with Crippen molar-refractivity contribution in [2.24, 2.45) is 5.92 Å². The Bertz CT molecular complexity index is 610. The van der Waals surface area contributed by atoms with Crippen molar-refractivity contribution in [2.45, 2.75) is 39.3 Å². The van der Waals surface area contributed by atoms with Crippen LogP contribution in [0.2, 0.25) is 0 Å². The summed E-state index contributed by atoms with van der Waals surface area (Å²) in [6.45, 7) is 9.06. The summed E-state index contributed by atoms with van der Waals surface area (Å²) in [5.41, 5.74) is 2.39. The molecular weight excluding hydrogens is 258 g/mol. The Hall–Kier alpha value is -1.61. The molecule has 21 heavy (non-hydrogen) atoms. The fourth-order valence-electron chi connectivity index (χ4n) is 3.16. The van der Waals surface area contributed by atoms with Crippen molar-refractivity contribution in [3.63, 3.8) is 0 Å². The smallest absolute Gasteiger partial charge is 0.0703 e. The van der Waals surface area contributed by atoms with Crippen molar-refractivity contribution >= 4 is 16.6 Å². The lowest BCUT2D eigenvalue weighted by Crippen LogP contribution is -2.57. The van der Waals surface area contributed by atoms with Crippen molar-refractivity contribution in [3.05, 3.63) is 36.5 Å². The lowest BCUT2D eigenvalue weighted by Gasteiger charge is -2.42. The highest BCUT2D eigenvalue weighted by Crippen LogP contribution is 2.25. The number of hydrogen-bond donors (Lipinski definition) is 1. The Morgan fingerprint density at radius 1 is 1.38 bits per heavy atom. The van der Waals surface area contributed by atoms with Gasteiger partial charge in [-0.15, -0.1) is 0 Å². The van der Waals surface area contributed by atoms with Crippen molar-refractivity contribution in [1.29, 1.82) is 0 Å². The van der Waals surface area contributed by atoms with Crippen LogP contribution in [0, 0.1) is 5.92 Å². The molecule has 112 valence electrons. The maximum absolute atomic E-state index is 4.41. The molecule has 1 saturated heterocycles. The SMILES string of the molecule is CCC(C)C1CN(c2ccc3ncccc3c2)C(C)CN1. The average Bonchev–Trinajstić information content (AvgIpc) is 2.54. The molecule has 3 nitrogen and oxygen atoms in total. The summed E-state index contributed by atoms with van der Waals surface area (Å²) in [6, 6.07) is 11.9. The van der Waals surface area contributed by atoms with Gasteiger partial charge in [-0.05, 0) is 37.1 Å². The molecule has 2 heterocycles. The molecule has 0 radical (unpaired) electrons. The van der Waals surface area contributed by atoms with Gasteiger partial charge >= 0.3 is 0 Å². The summed E-state index contributed by atoms with van der Waals surface area (Å²) in [6.07, 6.45) is 3.08. The van der Waals surface area contributed by atoms with Gasteiger partial charge in [-0.25, -0.2) is 0 Å². The average molecular weight is 283 g/mol. The molecule has 0 bridgehead atoms. The lowest BCUT2D eigenvalue weighted by atomic mass is 9.95. The van der Waals surface area contributed by atoms with E-state index in [4.69, 9.17) is 0 Å². The molecule has 1 N–H and O–H groups in total. The third-order valence-electron chi connectivity index (χ3n) is 4.85. The summed E-state index contributed by atoms with van der Waals surface area (Å²) in [7, 11) is 0. The summed E-state index contributed by atoms with van der Waals surface area (Å²) in [5, 5.41) is 4.93. The molecule has 0 aliphatic carbocycles. The summed E-state index contributed by atoms with van der Waals surface area (Å²) in [5.74, 6) is 0.710. The second-order valence-electron chi connectivity index (χ2n) is 6.28. The molecule has 3 atom stereocenters. The van der Waals surface area contributed by atoms with Gasteiger partial charge in [0.15, 0.2) is 0 Å². The normalized spacial score (nSPS) is 24.2. The van der Waals surface area contributed by atoms with Gasteiger partial charge in [0.2, 0.25) is 0 Å². The Kier molecular flexibility index (Phi) is 4.11. The highest BCUT2D eigenvalue weighted by molar-refractivity contribution is 5.82. The Morgan fingerprint density at radius 3 is 3.05 bits per heavy atom. The van der Waals surface area contributed by atoms with Gasteiger partial charge in [-0.1, -0.05) is 26.3 Å². The number of hydrogen-bond acceptors (Lipinski definition) is 3. The first-order valence-corrected chi connectivity index (χ1v) is 8.04. The number of nitrogens with one attached hydrogen (secondary N) is 1. The number of aromatic nitrogens is 1. The number of anilines is 1. The molecule has 1 aromatic heterocycles. The van der Waals surface area contributed by atoms with Crippen LogP contribution < -0.4 is 10.2 Å². The van der Waals surface area contributed by atoms with Crippen LogP contribution in [-0.4, -0.2) is 30.2 Å². The molecule has 1 fully saturated rings. The highest BCUT2D eigenvalue weighted by Gasteiger charge is 2.27. The van der Waals surface area contributed by atoms with Crippen LogP contribution in [0.1, 0.15) is 27.2 Å². The van der Waals surface area contributed by atoms with Crippen molar-refractivity contribution in [1.82, 2.24) is 10.3 Å². The minimum atomic E-state index is 0.527. The molecule has 3 rings (SSSR count). The second-order valence-corrected chi connectivity index (χ2v) is 6.28. The fourth-order valence-corrected chi connectivity index (χ4v) is 3.16. The molecule has 0 amide bonds. The largest absolute Gasteiger partial charge is 0.366 e. The first kappa shape index (κ1) is 14.3. The molecule has 2 aromatic rings. The summed E-state index contributed by atoms with van der Waals surface area (Å²) < 4.78 is 0. The van der Waals surface area contributed by atoms with E-state index in [1.807, 2.05) is 12.3 Å². The van der Waals surface area contributed by atoms with Gasteiger partial charge in [0.1, 0.15) is 0 Å². The van der Waals surface area contributed by atoms with Crippen LogP contribution in [-0.2, 0) is 0 Å². The topological polar surface area (TPSA) is 28.2 Å². The van der Waals surface area contributed by atoms with Crippen LogP contribution >= 0.6 is 0 Å². The van der Waals surface area contributed by atoms with Crippen LogP contribution in [0.3, 0.4) is 0 Å². The number of pyridine rings is 1. The van der Waals surface area contributed by atoms with E-state index in [2.05, 4.69) is 60.2 Å². The van der Waals surface area contributed by atoms with Gasteiger partial charge in [-0.2, -0.15) is 0 Å². The van der Waals surface area contributed by atoms with Crippen LogP contribution in [0.15, 0.2) is 36.5 Å². The van der Waals surface area contributed by atoms with E-state index in [-0.39, 0.29) is 0 Å². The predicted molar refractivity (Wildman–Crippen MR) is 89.8 cm³/mol. The lowest BCUT2D eigenvalue weighted by molar-refractivity contribution is 0.316. The van der Waals surface area contributed by atoms with Gasteiger partial charge in [0, 0.05) is 42.4 Å². The molecule has 1 aliphatic rings. The number of fused-ring (bicyclic) bond motifs is 1. The first-order chi connectivity index (χ1) is 10.2. The number of nitrogens with zero attached hydrogens (tertiary/aromatic N) is 2. The zero-order chi connectivity index (χ0) is 14.8. The Morgan fingerprint density at radius 2 is 2.24 bits per heavy atom. The second kappa shape index (κ2) is 6.02. The molecule has 1 aliphatic heterocycles. The van der Waals surface area contributed by atoms with Gasteiger partial charge in [0.05, 0.1) is 5.52 Å². The van der Waals surface area contributed by atoms with E-state index in [0.717, 1.165) is 18.6 Å². The number of rotatable bonds is 3. The highest BCUT2D eigenvalue weighted by atomic mass is 15.2. The molecule has 0 spiro atoms. The molecular formula is C18H25N3. The zero-order valence-corrected chi connectivity index (χ0v) is 13.2. The maximum Gasteiger partial charge on any atom is 0.0703 e. The predicted octanol–water partition coefficient (Wildman–Crippen LogP) is 3.45. The third-order valence-corrected chi connectivity index (χ3v) is 4.85. The van der Waals surface area contributed by atoms with Crippen LogP contribution in [0.4, 0.5) is 5.69 Å². The van der Waals surface area contributed by atoms with E-state index in [1.54, 1.807) is 0 Å². The Labute approximate surface area is 127 Å². The monoisotopic (exact) mass is 283 g/mol. The van der Waals surface area contributed by atoms with E-state index in [0.29, 0.717) is 18.0 Å². The van der Waals surface area contributed by atoms with Gasteiger partial charge < -0.3 is 10.2 Å². The quantitative estimate of drug-likeness (QED) is 0.935. The zero-order valence-electron chi connectivity index (χ0n) is 13.2. The number of piperazine rings is 1. The molecule has 3 heteroatoms. The van der Waals surface area contributed by atoms with E-state index < -0.39 is 0 Å². The maximum atomic E-state index is 4.41. The first-order valence-electron chi connectivity index (χ1n) is 8.04. The van der Waals surface area contributed by atoms with Crippen LogP contribution in [0.5, 0.6) is 0 Å². The van der Waals surface area contributed by atoms with Crippen molar-refractivity contribution in [2.75, 3.05) is 18.0 Å². The minimum Gasteiger partial charge on any atom is -0.366 e. The Balaban J connectivity index is 1.88. The molecule has 3 unspecified atom stereocenters. The fraction of sp³-hybridized carbons (Fsp3) is 0.500. The van der Waals surface area contributed by atoms with E-state index in [1.165, 1.54) is 17.5 Å². The van der Waals surface area contributed by atoms with Gasteiger partial charge in [0.25, 0.3) is 0 Å². The van der Waals surface area contributed by atoms with Crippen molar-refractivity contribution in [3.8, 4) is 0 Å². The van der Waals surface area contributed by atoms with E-state index >= 15 is 0 Å². The number of benzene rings is 1.